The fraction of sp³-hybridized carbons (Fsp3) is 0.455. The van der Waals surface area contributed by atoms with Crippen molar-refractivity contribution in [3.05, 3.63) is 60.1 Å². The van der Waals surface area contributed by atoms with Gasteiger partial charge in [-0.3, -0.25) is 14.5 Å². The monoisotopic (exact) mass is 445 g/mol. The summed E-state index contributed by atoms with van der Waals surface area (Å²) in [6, 6.07) is 12.1. The first-order valence-electron chi connectivity index (χ1n) is 10.5. The predicted molar refractivity (Wildman–Crippen MR) is 115 cm³/mol. The molecule has 0 saturated carbocycles. The number of sulfone groups is 1. The molecule has 0 bridgehead atoms. The fourth-order valence-electron chi connectivity index (χ4n) is 4.28. The number of hydrogen-bond donors (Lipinski definition) is 1. The Kier molecular flexibility index (Phi) is 6.43. The van der Waals surface area contributed by atoms with E-state index in [1.165, 1.54) is 6.26 Å². The quantitative estimate of drug-likeness (QED) is 0.711. The highest BCUT2D eigenvalue weighted by atomic mass is 32.2. The molecule has 2 amide bonds. The lowest BCUT2D eigenvalue weighted by Gasteiger charge is -2.39. The zero-order valence-corrected chi connectivity index (χ0v) is 18.1. The molecule has 1 N–H and O–H groups in total. The number of amides is 2. The third kappa shape index (κ3) is 5.34. The summed E-state index contributed by atoms with van der Waals surface area (Å²) in [5.41, 5.74) is 0.954. The molecule has 0 radical (unpaired) electrons. The van der Waals surface area contributed by atoms with Gasteiger partial charge in [-0.05, 0) is 24.1 Å². The van der Waals surface area contributed by atoms with Crippen LogP contribution in [0.15, 0.2) is 53.1 Å². The highest BCUT2D eigenvalue weighted by Gasteiger charge is 2.35. The van der Waals surface area contributed by atoms with Crippen LogP contribution in [-0.2, 0) is 21.1 Å². The van der Waals surface area contributed by atoms with Crippen LogP contribution in [0.2, 0.25) is 0 Å². The maximum absolute atomic E-state index is 13.3. The first-order chi connectivity index (χ1) is 14.9. The van der Waals surface area contributed by atoms with Crippen LogP contribution in [0.4, 0.5) is 0 Å². The summed E-state index contributed by atoms with van der Waals surface area (Å²) in [5, 5.41) is 2.83. The van der Waals surface area contributed by atoms with Crippen LogP contribution >= 0.6 is 0 Å². The van der Waals surface area contributed by atoms with Gasteiger partial charge in [0.25, 0.3) is 5.91 Å². The Balaban J connectivity index is 1.41. The van der Waals surface area contributed by atoms with Gasteiger partial charge in [-0.25, -0.2) is 8.42 Å². The summed E-state index contributed by atoms with van der Waals surface area (Å²) < 4.78 is 28.7. The molecule has 2 saturated heterocycles. The molecule has 2 atom stereocenters. The molecule has 0 spiro atoms. The number of rotatable bonds is 6. The molecule has 1 aromatic carbocycles. The predicted octanol–water partition coefficient (Wildman–Crippen LogP) is 0.952. The van der Waals surface area contributed by atoms with E-state index in [0.717, 1.165) is 5.56 Å². The summed E-state index contributed by atoms with van der Waals surface area (Å²) in [7, 11) is -2.94. The van der Waals surface area contributed by atoms with Crippen molar-refractivity contribution in [1.29, 1.82) is 0 Å². The SMILES string of the molecule is O=C(NC(Cc1ccccc1)C(=O)N1CCN(C2CCS(=O)(=O)C2)CC1)c1ccco1. The molecule has 31 heavy (non-hydrogen) atoms. The minimum absolute atomic E-state index is 0.0426. The van der Waals surface area contributed by atoms with Crippen molar-refractivity contribution in [3.8, 4) is 0 Å². The van der Waals surface area contributed by atoms with Gasteiger partial charge in [-0.15, -0.1) is 0 Å². The van der Waals surface area contributed by atoms with Gasteiger partial charge >= 0.3 is 0 Å². The van der Waals surface area contributed by atoms with Gasteiger partial charge in [-0.2, -0.15) is 0 Å². The molecule has 166 valence electrons. The molecule has 2 fully saturated rings. The van der Waals surface area contributed by atoms with Crippen molar-refractivity contribution in [3.63, 3.8) is 0 Å². The topological polar surface area (TPSA) is 99.9 Å². The average molecular weight is 446 g/mol. The van der Waals surface area contributed by atoms with Crippen molar-refractivity contribution in [1.82, 2.24) is 15.1 Å². The molecular weight excluding hydrogens is 418 g/mol. The van der Waals surface area contributed by atoms with Crippen molar-refractivity contribution in [2.75, 3.05) is 37.7 Å². The zero-order chi connectivity index (χ0) is 21.8. The second kappa shape index (κ2) is 9.23. The van der Waals surface area contributed by atoms with E-state index in [1.807, 2.05) is 30.3 Å². The van der Waals surface area contributed by atoms with Crippen LogP contribution in [-0.4, -0.2) is 79.8 Å². The maximum Gasteiger partial charge on any atom is 0.287 e. The van der Waals surface area contributed by atoms with Crippen LogP contribution in [0.25, 0.3) is 0 Å². The van der Waals surface area contributed by atoms with Crippen LogP contribution in [0.3, 0.4) is 0 Å². The molecular formula is C22H27N3O5S. The Labute approximate surface area is 182 Å². The Morgan fingerprint density at radius 1 is 1.06 bits per heavy atom. The Morgan fingerprint density at radius 3 is 2.42 bits per heavy atom. The van der Waals surface area contributed by atoms with Gasteiger partial charge in [0.2, 0.25) is 5.91 Å². The molecule has 4 rings (SSSR count). The summed E-state index contributed by atoms with van der Waals surface area (Å²) in [6.45, 7) is 2.29. The van der Waals surface area contributed by atoms with E-state index in [-0.39, 0.29) is 29.2 Å². The first kappa shape index (κ1) is 21.6. The highest BCUT2D eigenvalue weighted by molar-refractivity contribution is 7.91. The average Bonchev–Trinajstić information content (AvgIpc) is 3.43. The lowest BCUT2D eigenvalue weighted by molar-refractivity contribution is -0.135. The van der Waals surface area contributed by atoms with E-state index in [4.69, 9.17) is 4.42 Å². The summed E-state index contributed by atoms with van der Waals surface area (Å²) in [6.07, 6.45) is 2.46. The van der Waals surface area contributed by atoms with Crippen molar-refractivity contribution >= 4 is 21.7 Å². The third-order valence-electron chi connectivity index (χ3n) is 5.98. The largest absolute Gasteiger partial charge is 0.459 e. The molecule has 2 unspecified atom stereocenters. The van der Waals surface area contributed by atoms with Gasteiger partial charge in [-0.1, -0.05) is 30.3 Å². The van der Waals surface area contributed by atoms with E-state index >= 15 is 0 Å². The standard InChI is InChI=1S/C22H27N3O5S/c26-21(20-7-4-13-30-20)23-19(15-17-5-2-1-3-6-17)22(27)25-11-9-24(10-12-25)18-8-14-31(28,29)16-18/h1-7,13,18-19H,8-12,14-16H2,(H,23,26). The second-order valence-corrected chi connectivity index (χ2v) is 10.3. The van der Waals surface area contributed by atoms with E-state index in [1.54, 1.807) is 17.0 Å². The summed E-state index contributed by atoms with van der Waals surface area (Å²) >= 11 is 0. The van der Waals surface area contributed by atoms with Crippen LogP contribution in [0.1, 0.15) is 22.5 Å². The molecule has 1 aromatic heterocycles. The number of nitrogens with zero attached hydrogens (tertiary/aromatic N) is 2. The van der Waals surface area contributed by atoms with E-state index in [9.17, 15) is 18.0 Å². The lowest BCUT2D eigenvalue weighted by atomic mass is 10.0. The Hall–Kier alpha value is -2.65. The third-order valence-corrected chi connectivity index (χ3v) is 7.73. The Morgan fingerprint density at radius 2 is 1.81 bits per heavy atom. The highest BCUT2D eigenvalue weighted by Crippen LogP contribution is 2.20. The van der Waals surface area contributed by atoms with E-state index in [2.05, 4.69) is 10.2 Å². The Bertz CT molecular complexity index is 999. The minimum Gasteiger partial charge on any atom is -0.459 e. The molecule has 2 aliphatic heterocycles. The van der Waals surface area contributed by atoms with Gasteiger partial charge in [0.05, 0.1) is 17.8 Å². The fourth-order valence-corrected chi connectivity index (χ4v) is 6.04. The molecule has 3 heterocycles. The van der Waals surface area contributed by atoms with Crippen LogP contribution in [0.5, 0.6) is 0 Å². The number of nitrogens with one attached hydrogen (secondary N) is 1. The van der Waals surface area contributed by atoms with Gasteiger partial charge in [0.15, 0.2) is 15.6 Å². The number of hydrogen-bond acceptors (Lipinski definition) is 6. The van der Waals surface area contributed by atoms with Crippen molar-refractivity contribution < 1.29 is 22.4 Å². The molecule has 9 heteroatoms. The molecule has 8 nitrogen and oxygen atoms in total. The maximum atomic E-state index is 13.3. The zero-order valence-electron chi connectivity index (χ0n) is 17.3. The van der Waals surface area contributed by atoms with Crippen LogP contribution in [0, 0.1) is 0 Å². The second-order valence-electron chi connectivity index (χ2n) is 8.11. The van der Waals surface area contributed by atoms with E-state index < -0.39 is 21.8 Å². The molecule has 2 aromatic rings. The summed E-state index contributed by atoms with van der Waals surface area (Å²) in [4.78, 5) is 29.8. The summed E-state index contributed by atoms with van der Waals surface area (Å²) in [5.74, 6) is 0.0561. The lowest BCUT2D eigenvalue weighted by Crippen LogP contribution is -2.57. The number of benzene rings is 1. The van der Waals surface area contributed by atoms with Crippen molar-refractivity contribution in [2.45, 2.75) is 24.9 Å². The van der Waals surface area contributed by atoms with Crippen LogP contribution < -0.4 is 5.32 Å². The molecule has 2 aliphatic rings. The number of furan rings is 1. The van der Waals surface area contributed by atoms with Gasteiger partial charge in [0.1, 0.15) is 6.04 Å². The smallest absolute Gasteiger partial charge is 0.287 e. The van der Waals surface area contributed by atoms with Gasteiger partial charge in [0, 0.05) is 38.6 Å². The van der Waals surface area contributed by atoms with E-state index in [0.29, 0.717) is 39.0 Å². The number of carbonyl (C=O) groups is 2. The van der Waals surface area contributed by atoms with Crippen molar-refractivity contribution in [2.24, 2.45) is 0 Å². The normalized spacial score (nSPS) is 22.2. The van der Waals surface area contributed by atoms with Gasteiger partial charge < -0.3 is 14.6 Å². The number of piperazine rings is 1. The minimum atomic E-state index is -2.94. The first-order valence-corrected chi connectivity index (χ1v) is 12.3. The molecule has 0 aliphatic carbocycles. The number of carbonyl (C=O) groups excluding carboxylic acids is 2.